The number of benzene rings is 1. The van der Waals surface area contributed by atoms with E-state index in [1.165, 1.54) is 29.5 Å². The van der Waals surface area contributed by atoms with E-state index in [1.807, 2.05) is 13.0 Å². The first-order chi connectivity index (χ1) is 11.3. The first-order valence-electron chi connectivity index (χ1n) is 7.30. The molecule has 130 valence electrons. The molecule has 1 aliphatic rings. The summed E-state index contributed by atoms with van der Waals surface area (Å²) in [6, 6.07) is 7.94. The molecule has 1 aromatic heterocycles. The second-order valence-electron chi connectivity index (χ2n) is 5.32. The maximum Gasteiger partial charge on any atom is 0.308 e. The van der Waals surface area contributed by atoms with Gasteiger partial charge in [-0.1, -0.05) is 17.7 Å². The van der Waals surface area contributed by atoms with Crippen LogP contribution in [0.2, 0.25) is 0 Å². The Hall–Kier alpha value is -1.74. The predicted octanol–water partition coefficient (Wildman–Crippen LogP) is 2.56. The molecular weight excluding hydrogens is 350 g/mol. The number of ether oxygens (including phenoxy) is 1. The highest BCUT2D eigenvalue weighted by Crippen LogP contribution is 2.31. The Morgan fingerprint density at radius 2 is 1.96 bits per heavy atom. The Labute approximate surface area is 145 Å². The molecule has 0 saturated carbocycles. The Morgan fingerprint density at radius 3 is 2.50 bits per heavy atom. The molecule has 0 aliphatic carbocycles. The fraction of sp³-hybridized carbons (Fsp3) is 0.312. The summed E-state index contributed by atoms with van der Waals surface area (Å²) >= 11 is 1.58. The van der Waals surface area contributed by atoms with Crippen LogP contribution in [0.1, 0.15) is 22.9 Å². The number of fused-ring (bicyclic) bond motifs is 1. The van der Waals surface area contributed by atoms with Crippen molar-refractivity contribution in [3.63, 3.8) is 0 Å². The number of hydrogen-bond acceptors (Lipinski definition) is 6. The second-order valence-corrected chi connectivity index (χ2v) is 7.84. The van der Waals surface area contributed by atoms with E-state index in [0.29, 0.717) is 0 Å². The highest BCUT2D eigenvalue weighted by atomic mass is 32.2. The summed E-state index contributed by atoms with van der Waals surface area (Å²) in [5, 5.41) is 4.00. The van der Waals surface area contributed by atoms with Crippen LogP contribution >= 0.6 is 11.3 Å². The van der Waals surface area contributed by atoms with Gasteiger partial charge in [0.2, 0.25) is 0 Å². The maximum atomic E-state index is 10.7. The highest BCUT2D eigenvalue weighted by Gasteiger charge is 2.14. The minimum Gasteiger partial charge on any atom is -0.416 e. The molecule has 0 unspecified atom stereocenters. The van der Waals surface area contributed by atoms with Gasteiger partial charge in [-0.25, -0.2) is 0 Å². The van der Waals surface area contributed by atoms with E-state index in [-0.39, 0.29) is 10.9 Å². The monoisotopic (exact) mass is 369 g/mol. The molecule has 0 bridgehead atoms. The highest BCUT2D eigenvalue weighted by molar-refractivity contribution is 7.85. The summed E-state index contributed by atoms with van der Waals surface area (Å²) in [6.45, 7) is 5.19. The van der Waals surface area contributed by atoms with Crippen LogP contribution < -0.4 is 10.1 Å². The zero-order chi connectivity index (χ0) is 17.7. The molecule has 1 aromatic carbocycles. The van der Waals surface area contributed by atoms with Crippen molar-refractivity contribution in [1.82, 2.24) is 5.32 Å². The molecule has 0 fully saturated rings. The molecule has 0 saturated heterocycles. The van der Waals surface area contributed by atoms with E-state index >= 15 is 0 Å². The smallest absolute Gasteiger partial charge is 0.308 e. The molecule has 2 heterocycles. The molecule has 6 nitrogen and oxygen atoms in total. The standard InChI is InChI=1S/C9H11NO2S.C7H8O3S/c1-6(11)12-9-4-7-5-10-3-2-8(7)13-9;1-6-2-4-7(5-3-6)11(8,9)10/h4,10H,2-3,5H2,1H3;2-5H,1H3,(H,8,9,10). The molecule has 0 radical (unpaired) electrons. The number of thiophene rings is 1. The SMILES string of the molecule is CC(=O)Oc1cc2c(s1)CCNC2.Cc1ccc(S(=O)(=O)O)cc1. The van der Waals surface area contributed by atoms with Crippen LogP contribution in [0.15, 0.2) is 35.2 Å². The number of carbonyl (C=O) groups excluding carboxylic acids is 1. The molecule has 2 N–H and O–H groups in total. The number of aryl methyl sites for hydroxylation is 1. The lowest BCUT2D eigenvalue weighted by Crippen LogP contribution is -2.21. The third kappa shape index (κ3) is 5.41. The minimum absolute atomic E-state index is 0.0666. The van der Waals surface area contributed by atoms with E-state index in [2.05, 4.69) is 5.32 Å². The van der Waals surface area contributed by atoms with Crippen molar-refractivity contribution in [2.45, 2.75) is 31.7 Å². The summed E-state index contributed by atoms with van der Waals surface area (Å²) < 4.78 is 34.6. The molecular formula is C16H19NO5S2. The van der Waals surface area contributed by atoms with E-state index in [4.69, 9.17) is 9.29 Å². The third-order valence-corrected chi connectivity index (χ3v) is 5.26. The molecule has 1 aliphatic heterocycles. The fourth-order valence-corrected chi connectivity index (χ4v) is 3.68. The summed E-state index contributed by atoms with van der Waals surface area (Å²) in [7, 11) is -4.02. The van der Waals surface area contributed by atoms with E-state index in [1.54, 1.807) is 23.5 Å². The van der Waals surface area contributed by atoms with Gasteiger partial charge in [0.05, 0.1) is 4.90 Å². The summed E-state index contributed by atoms with van der Waals surface area (Å²) in [4.78, 5) is 12.0. The first kappa shape index (κ1) is 18.6. The van der Waals surface area contributed by atoms with Crippen molar-refractivity contribution < 1.29 is 22.5 Å². The van der Waals surface area contributed by atoms with Crippen LogP contribution in [0.5, 0.6) is 5.06 Å². The quantitative estimate of drug-likeness (QED) is 0.624. The van der Waals surface area contributed by atoms with Crippen LogP contribution in [-0.4, -0.2) is 25.5 Å². The van der Waals surface area contributed by atoms with Crippen molar-refractivity contribution in [2.24, 2.45) is 0 Å². The molecule has 0 atom stereocenters. The summed E-state index contributed by atoms with van der Waals surface area (Å²) in [5.74, 6) is -0.244. The lowest BCUT2D eigenvalue weighted by molar-refractivity contribution is -0.131. The summed E-state index contributed by atoms with van der Waals surface area (Å²) in [6.07, 6.45) is 1.04. The van der Waals surface area contributed by atoms with Gasteiger partial charge < -0.3 is 10.1 Å². The minimum atomic E-state index is -4.02. The molecule has 2 aromatic rings. The van der Waals surface area contributed by atoms with Gasteiger partial charge in [-0.3, -0.25) is 9.35 Å². The first-order valence-corrected chi connectivity index (χ1v) is 9.56. The number of esters is 1. The summed E-state index contributed by atoms with van der Waals surface area (Å²) in [5.41, 5.74) is 2.23. The Kier molecular flexibility index (Phi) is 6.11. The topological polar surface area (TPSA) is 92.7 Å². The molecule has 8 heteroatoms. The fourth-order valence-electron chi connectivity index (χ4n) is 2.13. The van der Waals surface area contributed by atoms with Gasteiger partial charge in [-0.05, 0) is 37.1 Å². The number of hydrogen-bond donors (Lipinski definition) is 2. The normalized spacial score (nSPS) is 13.5. The Balaban J connectivity index is 0.000000177. The van der Waals surface area contributed by atoms with Gasteiger partial charge in [0, 0.05) is 24.9 Å². The van der Waals surface area contributed by atoms with Gasteiger partial charge in [0.1, 0.15) is 0 Å². The molecule has 3 rings (SSSR count). The van der Waals surface area contributed by atoms with Crippen LogP contribution in [0.25, 0.3) is 0 Å². The van der Waals surface area contributed by atoms with Gasteiger partial charge >= 0.3 is 5.97 Å². The number of carbonyl (C=O) groups is 1. The van der Waals surface area contributed by atoms with Gasteiger partial charge in [-0.2, -0.15) is 8.42 Å². The van der Waals surface area contributed by atoms with Crippen molar-refractivity contribution in [1.29, 1.82) is 0 Å². The van der Waals surface area contributed by atoms with Gasteiger partial charge in [-0.15, -0.1) is 11.3 Å². The predicted molar refractivity (Wildman–Crippen MR) is 92.0 cm³/mol. The average Bonchev–Trinajstić information content (AvgIpc) is 2.88. The van der Waals surface area contributed by atoms with Crippen LogP contribution in [0.3, 0.4) is 0 Å². The van der Waals surface area contributed by atoms with Crippen LogP contribution in [-0.2, 0) is 27.9 Å². The second kappa shape index (κ2) is 7.89. The third-order valence-electron chi connectivity index (χ3n) is 3.28. The molecule has 24 heavy (non-hydrogen) atoms. The lowest BCUT2D eigenvalue weighted by Gasteiger charge is -2.10. The van der Waals surface area contributed by atoms with Crippen LogP contribution in [0, 0.1) is 6.92 Å². The number of nitrogens with one attached hydrogen (secondary N) is 1. The lowest BCUT2D eigenvalue weighted by atomic mass is 10.1. The van der Waals surface area contributed by atoms with Crippen LogP contribution in [0.4, 0.5) is 0 Å². The van der Waals surface area contributed by atoms with Crippen molar-refractivity contribution >= 4 is 27.4 Å². The van der Waals surface area contributed by atoms with E-state index in [0.717, 1.165) is 30.1 Å². The Bertz CT molecular complexity index is 786. The average molecular weight is 369 g/mol. The van der Waals surface area contributed by atoms with Crippen molar-refractivity contribution in [3.05, 3.63) is 46.3 Å². The molecule has 0 spiro atoms. The van der Waals surface area contributed by atoms with Crippen molar-refractivity contribution in [3.8, 4) is 5.06 Å². The van der Waals surface area contributed by atoms with Gasteiger partial charge in [0.25, 0.3) is 10.1 Å². The Morgan fingerprint density at radius 1 is 1.29 bits per heavy atom. The van der Waals surface area contributed by atoms with E-state index in [9.17, 15) is 13.2 Å². The van der Waals surface area contributed by atoms with Gasteiger partial charge in [0.15, 0.2) is 5.06 Å². The number of rotatable bonds is 2. The zero-order valence-electron chi connectivity index (χ0n) is 13.4. The zero-order valence-corrected chi connectivity index (χ0v) is 15.0. The largest absolute Gasteiger partial charge is 0.416 e. The molecule has 0 amide bonds. The van der Waals surface area contributed by atoms with E-state index < -0.39 is 10.1 Å². The maximum absolute atomic E-state index is 10.7. The van der Waals surface area contributed by atoms with Crippen molar-refractivity contribution in [2.75, 3.05) is 6.54 Å².